The fourth-order valence-electron chi connectivity index (χ4n) is 1.85. The van der Waals surface area contributed by atoms with E-state index in [1.54, 1.807) is 0 Å². The first kappa shape index (κ1) is 11.5. The molecule has 0 N–H and O–H groups in total. The monoisotopic (exact) mass is 196 g/mol. The second-order valence-electron chi connectivity index (χ2n) is 4.10. The van der Waals surface area contributed by atoms with Gasteiger partial charge < -0.3 is 4.90 Å². The van der Waals surface area contributed by atoms with Crippen molar-refractivity contribution in [3.63, 3.8) is 0 Å². The smallest absolute Gasteiger partial charge is 0.0989 e. The molecule has 0 saturated heterocycles. The number of aliphatic imine (C=N–C) groups is 1. The van der Waals surface area contributed by atoms with Crippen molar-refractivity contribution < 1.29 is 0 Å². The van der Waals surface area contributed by atoms with Crippen molar-refractivity contribution >= 4 is 5.84 Å². The molecule has 2 heteroatoms. The van der Waals surface area contributed by atoms with Gasteiger partial charge in [0.1, 0.15) is 0 Å². The first-order chi connectivity index (χ1) is 6.88. The predicted octanol–water partition coefficient (Wildman–Crippen LogP) is 3.08. The Labute approximate surface area is 88.4 Å². The van der Waals surface area contributed by atoms with Crippen LogP contribution in [-0.4, -0.2) is 30.4 Å². The number of nitrogens with zero attached hydrogens (tertiary/aromatic N) is 2. The second-order valence-corrected chi connectivity index (χ2v) is 4.10. The van der Waals surface area contributed by atoms with Crippen LogP contribution in [0.4, 0.5) is 0 Å². The van der Waals surface area contributed by atoms with E-state index in [0.717, 1.165) is 6.54 Å². The molecule has 0 saturated carbocycles. The van der Waals surface area contributed by atoms with Gasteiger partial charge in [-0.25, -0.2) is 0 Å². The summed E-state index contributed by atoms with van der Waals surface area (Å²) in [6.07, 6.45) is 7.68. The number of hydrogen-bond acceptors (Lipinski definition) is 2. The van der Waals surface area contributed by atoms with Crippen molar-refractivity contribution in [2.24, 2.45) is 4.99 Å². The van der Waals surface area contributed by atoms with Crippen LogP contribution in [0.2, 0.25) is 0 Å². The normalized spacial score (nSPS) is 15.7. The quantitative estimate of drug-likeness (QED) is 0.637. The van der Waals surface area contributed by atoms with E-state index in [9.17, 15) is 0 Å². The molecule has 14 heavy (non-hydrogen) atoms. The van der Waals surface area contributed by atoms with E-state index in [1.165, 1.54) is 57.5 Å². The molecular weight excluding hydrogens is 172 g/mol. The van der Waals surface area contributed by atoms with Gasteiger partial charge >= 0.3 is 0 Å². The maximum atomic E-state index is 4.58. The Balaban J connectivity index is 2.34. The molecule has 0 spiro atoms. The van der Waals surface area contributed by atoms with Gasteiger partial charge in [0.15, 0.2) is 0 Å². The van der Waals surface area contributed by atoms with Crippen LogP contribution in [0, 0.1) is 0 Å². The summed E-state index contributed by atoms with van der Waals surface area (Å²) < 4.78 is 0. The lowest BCUT2D eigenvalue weighted by molar-refractivity contribution is 0.393. The molecule has 82 valence electrons. The Morgan fingerprint density at radius 3 is 2.21 bits per heavy atom. The van der Waals surface area contributed by atoms with Crippen molar-refractivity contribution in [3.05, 3.63) is 0 Å². The zero-order chi connectivity index (χ0) is 10.2. The largest absolute Gasteiger partial charge is 0.360 e. The first-order valence-corrected chi connectivity index (χ1v) is 6.16. The fourth-order valence-corrected chi connectivity index (χ4v) is 1.85. The predicted molar refractivity (Wildman–Crippen MR) is 62.9 cm³/mol. The van der Waals surface area contributed by atoms with Gasteiger partial charge in [0, 0.05) is 26.1 Å². The number of hydrogen-bond donors (Lipinski definition) is 0. The molecule has 0 unspecified atom stereocenters. The van der Waals surface area contributed by atoms with Crippen LogP contribution in [0.1, 0.15) is 52.4 Å². The Hall–Kier alpha value is -0.530. The molecule has 0 aromatic rings. The SMILES string of the molecule is CCCCN(CCCC)C1=NCCC1. The average molecular weight is 196 g/mol. The molecule has 0 aliphatic carbocycles. The highest BCUT2D eigenvalue weighted by molar-refractivity contribution is 5.83. The van der Waals surface area contributed by atoms with Crippen LogP contribution in [0.15, 0.2) is 4.99 Å². The summed E-state index contributed by atoms with van der Waals surface area (Å²) in [5, 5.41) is 0. The molecule has 0 aromatic carbocycles. The summed E-state index contributed by atoms with van der Waals surface area (Å²) in [4.78, 5) is 7.10. The van der Waals surface area contributed by atoms with Gasteiger partial charge in [-0.1, -0.05) is 26.7 Å². The fraction of sp³-hybridized carbons (Fsp3) is 0.917. The Morgan fingerprint density at radius 1 is 1.14 bits per heavy atom. The molecule has 1 rings (SSSR count). The molecule has 0 atom stereocenters. The lowest BCUT2D eigenvalue weighted by atomic mass is 10.2. The van der Waals surface area contributed by atoms with Crippen LogP contribution in [0.25, 0.3) is 0 Å². The first-order valence-electron chi connectivity index (χ1n) is 6.16. The summed E-state index contributed by atoms with van der Waals surface area (Å²) in [6, 6.07) is 0. The van der Waals surface area contributed by atoms with Gasteiger partial charge in [0.05, 0.1) is 5.84 Å². The van der Waals surface area contributed by atoms with Crippen LogP contribution >= 0.6 is 0 Å². The number of unbranched alkanes of at least 4 members (excludes halogenated alkanes) is 2. The minimum absolute atomic E-state index is 1.06. The number of rotatable bonds is 6. The second kappa shape index (κ2) is 6.86. The van der Waals surface area contributed by atoms with Crippen molar-refractivity contribution in [3.8, 4) is 0 Å². The summed E-state index contributed by atoms with van der Waals surface area (Å²) in [5.74, 6) is 1.38. The van der Waals surface area contributed by atoms with Crippen LogP contribution < -0.4 is 0 Å². The summed E-state index contributed by atoms with van der Waals surface area (Å²) in [6.45, 7) is 8.01. The zero-order valence-corrected chi connectivity index (χ0v) is 9.76. The minimum atomic E-state index is 1.06. The summed E-state index contributed by atoms with van der Waals surface area (Å²) >= 11 is 0. The van der Waals surface area contributed by atoms with Crippen LogP contribution in [-0.2, 0) is 0 Å². The van der Waals surface area contributed by atoms with E-state index < -0.39 is 0 Å². The zero-order valence-electron chi connectivity index (χ0n) is 9.76. The maximum absolute atomic E-state index is 4.58. The molecule has 1 heterocycles. The maximum Gasteiger partial charge on any atom is 0.0989 e. The lowest BCUT2D eigenvalue weighted by Crippen LogP contribution is -2.31. The highest BCUT2D eigenvalue weighted by atomic mass is 15.2. The third kappa shape index (κ3) is 3.69. The van der Waals surface area contributed by atoms with Gasteiger partial charge in [-0.15, -0.1) is 0 Å². The molecule has 0 amide bonds. The third-order valence-corrected chi connectivity index (χ3v) is 2.78. The molecule has 0 aromatic heterocycles. The summed E-state index contributed by atoms with van der Waals surface area (Å²) in [7, 11) is 0. The Bertz CT molecular complexity index is 167. The molecular formula is C12H24N2. The highest BCUT2D eigenvalue weighted by Gasteiger charge is 2.13. The van der Waals surface area contributed by atoms with E-state index in [2.05, 4.69) is 23.7 Å². The average Bonchev–Trinajstić information content (AvgIpc) is 2.71. The van der Waals surface area contributed by atoms with Crippen molar-refractivity contribution in [1.82, 2.24) is 4.90 Å². The summed E-state index contributed by atoms with van der Waals surface area (Å²) in [5.41, 5.74) is 0. The van der Waals surface area contributed by atoms with Gasteiger partial charge in [0.2, 0.25) is 0 Å². The van der Waals surface area contributed by atoms with Gasteiger partial charge in [0.25, 0.3) is 0 Å². The molecule has 0 radical (unpaired) electrons. The van der Waals surface area contributed by atoms with E-state index in [1.807, 2.05) is 0 Å². The van der Waals surface area contributed by atoms with Crippen molar-refractivity contribution in [2.75, 3.05) is 19.6 Å². The van der Waals surface area contributed by atoms with E-state index >= 15 is 0 Å². The minimum Gasteiger partial charge on any atom is -0.360 e. The molecule has 2 nitrogen and oxygen atoms in total. The van der Waals surface area contributed by atoms with E-state index in [-0.39, 0.29) is 0 Å². The van der Waals surface area contributed by atoms with Crippen molar-refractivity contribution in [2.45, 2.75) is 52.4 Å². The van der Waals surface area contributed by atoms with Crippen LogP contribution in [0.3, 0.4) is 0 Å². The molecule has 1 aliphatic heterocycles. The highest BCUT2D eigenvalue weighted by Crippen LogP contribution is 2.10. The van der Waals surface area contributed by atoms with Crippen LogP contribution in [0.5, 0.6) is 0 Å². The van der Waals surface area contributed by atoms with E-state index in [0.29, 0.717) is 0 Å². The molecule has 0 fully saturated rings. The molecule has 1 aliphatic rings. The van der Waals surface area contributed by atoms with Gasteiger partial charge in [-0.3, -0.25) is 4.99 Å². The van der Waals surface area contributed by atoms with E-state index in [4.69, 9.17) is 0 Å². The third-order valence-electron chi connectivity index (χ3n) is 2.78. The topological polar surface area (TPSA) is 15.6 Å². The Morgan fingerprint density at radius 2 is 1.79 bits per heavy atom. The van der Waals surface area contributed by atoms with Gasteiger partial charge in [-0.2, -0.15) is 0 Å². The Kier molecular flexibility index (Phi) is 5.65. The standard InChI is InChI=1S/C12H24N2/c1-3-5-10-14(11-6-4-2)12-8-7-9-13-12/h3-11H2,1-2H3. The number of amidine groups is 1. The van der Waals surface area contributed by atoms with Gasteiger partial charge in [-0.05, 0) is 19.3 Å². The van der Waals surface area contributed by atoms with Crippen molar-refractivity contribution in [1.29, 1.82) is 0 Å². The molecule has 0 bridgehead atoms. The lowest BCUT2D eigenvalue weighted by Gasteiger charge is -2.24.